The number of carboxylic acids is 2. The number of aromatic nitrogens is 4. The molecule has 1 saturated heterocycles. The Morgan fingerprint density at radius 1 is 1.14 bits per heavy atom. The summed E-state index contributed by atoms with van der Waals surface area (Å²) in [5, 5.41) is 23.8. The van der Waals surface area contributed by atoms with Crippen LogP contribution in [0.4, 0.5) is 46.9 Å². The molecule has 0 aromatic carbocycles. The average molecular weight is 551 g/mol. The number of aromatic amines is 1. The van der Waals surface area contributed by atoms with Gasteiger partial charge in [-0.1, -0.05) is 0 Å². The first-order chi connectivity index (χ1) is 16.9. The Kier molecular flexibility index (Phi) is 10.5. The Morgan fingerprint density at radius 3 is 2.03 bits per heavy atom. The van der Waals surface area contributed by atoms with Crippen molar-refractivity contribution in [2.24, 2.45) is 0 Å². The molecule has 0 aliphatic carbocycles. The van der Waals surface area contributed by atoms with Gasteiger partial charge in [-0.15, -0.1) is 0 Å². The van der Waals surface area contributed by atoms with Crippen LogP contribution < -0.4 is 16.0 Å². The van der Waals surface area contributed by atoms with Crippen molar-refractivity contribution in [2.75, 3.05) is 30.8 Å². The van der Waals surface area contributed by atoms with Gasteiger partial charge in [0.05, 0.1) is 11.4 Å². The zero-order chi connectivity index (χ0) is 28.7. The topological polar surface area (TPSA) is 170 Å². The van der Waals surface area contributed by atoms with Crippen molar-refractivity contribution >= 4 is 23.7 Å². The summed E-state index contributed by atoms with van der Waals surface area (Å²) in [6.07, 6.45) is -11.8. The smallest absolute Gasteiger partial charge is 0.475 e. The summed E-state index contributed by atoms with van der Waals surface area (Å²) in [4.78, 5) is 28.3. The average Bonchev–Trinajstić information content (AvgIpc) is 3.39. The van der Waals surface area contributed by atoms with Gasteiger partial charge >= 0.3 is 24.3 Å². The summed E-state index contributed by atoms with van der Waals surface area (Å²) in [7, 11) is 1.92. The predicted molar refractivity (Wildman–Crippen MR) is 111 cm³/mol. The van der Waals surface area contributed by atoms with E-state index in [0.717, 1.165) is 19.5 Å². The lowest BCUT2D eigenvalue weighted by Gasteiger charge is -2.18. The summed E-state index contributed by atoms with van der Waals surface area (Å²) >= 11 is 0. The van der Waals surface area contributed by atoms with Gasteiger partial charge in [-0.05, 0) is 20.4 Å². The quantitative estimate of drug-likeness (QED) is 0.356. The van der Waals surface area contributed by atoms with E-state index in [2.05, 4.69) is 30.4 Å². The Balaban J connectivity index is 0.000000404. The number of aliphatic carboxylic acids is 2. The molecule has 0 spiro atoms. The van der Waals surface area contributed by atoms with Crippen LogP contribution in [0.3, 0.4) is 0 Å². The minimum Gasteiger partial charge on any atom is -0.475 e. The molecular weight excluding hydrogens is 530 g/mol. The molecule has 0 radical (unpaired) electrons. The van der Waals surface area contributed by atoms with E-state index < -0.39 is 30.7 Å². The van der Waals surface area contributed by atoms with E-state index >= 15 is 0 Å². The van der Waals surface area contributed by atoms with Crippen molar-refractivity contribution in [1.29, 1.82) is 0 Å². The number of anilines is 2. The largest absolute Gasteiger partial charge is 0.490 e. The molecule has 11 nitrogen and oxygen atoms in total. The molecule has 2 aromatic heterocycles. The van der Waals surface area contributed by atoms with E-state index in [1.807, 2.05) is 7.05 Å². The number of rotatable bonds is 4. The zero-order valence-electron chi connectivity index (χ0n) is 19.0. The van der Waals surface area contributed by atoms with Gasteiger partial charge < -0.3 is 26.2 Å². The fourth-order valence-corrected chi connectivity index (χ4v) is 2.82. The SMILES string of the molecule is CN[C@@H]1CCN(c2cc(-c3[nH]nc(C(F)F)c3C)nc(N)n2)C1.O=C(O)C(F)(F)F.O=C(O)C(F)(F)F. The molecule has 0 bridgehead atoms. The van der Waals surface area contributed by atoms with Crippen molar-refractivity contribution in [1.82, 2.24) is 25.5 Å². The number of hydrogen-bond acceptors (Lipinski definition) is 8. The number of hydrogen-bond donors (Lipinski definition) is 5. The number of nitrogens with one attached hydrogen (secondary N) is 2. The maximum atomic E-state index is 12.9. The molecule has 37 heavy (non-hydrogen) atoms. The first-order valence-electron chi connectivity index (χ1n) is 9.88. The van der Waals surface area contributed by atoms with Crippen LogP contribution in [0.5, 0.6) is 0 Å². The van der Waals surface area contributed by atoms with Crippen LogP contribution in [0, 0.1) is 6.92 Å². The van der Waals surface area contributed by atoms with Crippen LogP contribution in [0.1, 0.15) is 24.1 Å². The molecule has 1 fully saturated rings. The highest BCUT2D eigenvalue weighted by atomic mass is 19.4. The number of halogens is 8. The summed E-state index contributed by atoms with van der Waals surface area (Å²) in [5.74, 6) is -4.71. The van der Waals surface area contributed by atoms with E-state index in [9.17, 15) is 35.1 Å². The van der Waals surface area contributed by atoms with E-state index in [4.69, 9.17) is 25.5 Å². The summed E-state index contributed by atoms with van der Waals surface area (Å²) in [6.45, 7) is 3.26. The second-order valence-corrected chi connectivity index (χ2v) is 7.21. The maximum absolute atomic E-state index is 12.9. The molecule has 0 saturated carbocycles. The molecule has 208 valence electrons. The van der Waals surface area contributed by atoms with Crippen LogP contribution in [0.2, 0.25) is 0 Å². The number of nitrogen functional groups attached to an aromatic ring is 1. The van der Waals surface area contributed by atoms with Crippen LogP contribution in [-0.2, 0) is 9.59 Å². The monoisotopic (exact) mass is 551 g/mol. The van der Waals surface area contributed by atoms with Crippen molar-refractivity contribution in [3.05, 3.63) is 17.3 Å². The molecule has 3 heterocycles. The van der Waals surface area contributed by atoms with E-state index in [1.54, 1.807) is 13.0 Å². The number of carboxylic acid groups (broad SMARTS) is 2. The van der Waals surface area contributed by atoms with Crippen molar-refractivity contribution in [2.45, 2.75) is 38.2 Å². The summed E-state index contributed by atoms with van der Waals surface area (Å²) in [6, 6.07) is 2.15. The standard InChI is InChI=1S/C14H19F2N7.2C2HF3O2/c1-7-11(21-22-12(7)13(15)16)9-5-10(20-14(17)19-9)23-4-3-8(6-23)18-2;2*3-2(4,5)1(6)7/h5,8,13,18H,3-4,6H2,1-2H3,(H,21,22)(H2,17,19,20);2*(H,6,7)/t8-;;/m1../s1. The number of likely N-dealkylation sites (N-methyl/N-ethyl adjacent to an activating group) is 1. The molecule has 3 rings (SSSR count). The normalized spacial score (nSPS) is 15.5. The fraction of sp³-hybridized carbons (Fsp3) is 0.500. The molecule has 6 N–H and O–H groups in total. The van der Waals surface area contributed by atoms with Gasteiger partial charge in [-0.2, -0.15) is 36.4 Å². The van der Waals surface area contributed by atoms with E-state index in [1.165, 1.54) is 0 Å². The number of nitrogens with two attached hydrogens (primary N) is 1. The lowest BCUT2D eigenvalue weighted by Crippen LogP contribution is -2.30. The van der Waals surface area contributed by atoms with Gasteiger partial charge in [0.2, 0.25) is 5.95 Å². The molecular formula is C18H21F8N7O4. The van der Waals surface area contributed by atoms with E-state index in [0.29, 0.717) is 28.8 Å². The molecule has 0 unspecified atom stereocenters. The maximum Gasteiger partial charge on any atom is 0.490 e. The number of alkyl halides is 8. The van der Waals surface area contributed by atoms with Crippen molar-refractivity contribution < 1.29 is 54.9 Å². The Morgan fingerprint density at radius 2 is 1.65 bits per heavy atom. The van der Waals surface area contributed by atoms with E-state index in [-0.39, 0.29) is 11.6 Å². The highest BCUT2D eigenvalue weighted by Crippen LogP contribution is 2.30. The third kappa shape index (κ3) is 9.32. The lowest BCUT2D eigenvalue weighted by molar-refractivity contribution is -0.193. The Labute approximate surface area is 202 Å². The first kappa shape index (κ1) is 31.3. The van der Waals surface area contributed by atoms with Crippen LogP contribution in [-0.4, -0.2) is 80.8 Å². The van der Waals surface area contributed by atoms with Gasteiger partial charge in [-0.3, -0.25) is 5.10 Å². The van der Waals surface area contributed by atoms with Crippen molar-refractivity contribution in [3.8, 4) is 11.4 Å². The lowest BCUT2D eigenvalue weighted by atomic mass is 10.1. The zero-order valence-corrected chi connectivity index (χ0v) is 19.0. The van der Waals surface area contributed by atoms with Gasteiger partial charge in [0.15, 0.2) is 0 Å². The number of carbonyl (C=O) groups is 2. The third-order valence-corrected chi connectivity index (χ3v) is 4.65. The molecule has 0 amide bonds. The molecule has 2 aromatic rings. The van der Waals surface area contributed by atoms with Crippen LogP contribution in [0.15, 0.2) is 6.07 Å². The van der Waals surface area contributed by atoms with Crippen LogP contribution >= 0.6 is 0 Å². The molecule has 19 heteroatoms. The summed E-state index contributed by atoms with van der Waals surface area (Å²) in [5.41, 5.74) is 6.82. The molecule has 1 aliphatic heterocycles. The minimum atomic E-state index is -5.08. The molecule has 1 aliphatic rings. The van der Waals surface area contributed by atoms with Gasteiger partial charge in [0, 0.05) is 30.8 Å². The molecule has 1 atom stereocenters. The Hall–Kier alpha value is -3.77. The number of H-pyrrole nitrogens is 1. The highest BCUT2D eigenvalue weighted by Gasteiger charge is 2.38. The van der Waals surface area contributed by atoms with Crippen LogP contribution in [0.25, 0.3) is 11.4 Å². The minimum absolute atomic E-state index is 0.109. The van der Waals surface area contributed by atoms with Crippen molar-refractivity contribution in [3.63, 3.8) is 0 Å². The highest BCUT2D eigenvalue weighted by molar-refractivity contribution is 5.73. The second-order valence-electron chi connectivity index (χ2n) is 7.21. The first-order valence-corrected chi connectivity index (χ1v) is 9.88. The Bertz CT molecular complexity index is 1050. The number of nitrogens with zero attached hydrogens (tertiary/aromatic N) is 4. The third-order valence-electron chi connectivity index (χ3n) is 4.65. The fourth-order valence-electron chi connectivity index (χ4n) is 2.82. The van der Waals surface area contributed by atoms with Gasteiger partial charge in [0.25, 0.3) is 6.43 Å². The predicted octanol–water partition coefficient (Wildman–Crippen LogP) is 2.76. The summed E-state index contributed by atoms with van der Waals surface area (Å²) < 4.78 is 89.2. The van der Waals surface area contributed by atoms with Gasteiger partial charge in [0.1, 0.15) is 11.5 Å². The second kappa shape index (κ2) is 12.5. The van der Waals surface area contributed by atoms with Gasteiger partial charge in [-0.25, -0.2) is 23.4 Å².